The lowest BCUT2D eigenvalue weighted by Crippen LogP contribution is -2.38. The van der Waals surface area contributed by atoms with Crippen LogP contribution in [-0.2, 0) is 6.42 Å². The Morgan fingerprint density at radius 1 is 1.25 bits per heavy atom. The summed E-state index contributed by atoms with van der Waals surface area (Å²) in [6.45, 7) is 4.82. The first kappa shape index (κ1) is 13.9. The summed E-state index contributed by atoms with van der Waals surface area (Å²) in [5, 5.41) is 3.93. The van der Waals surface area contributed by atoms with Crippen molar-refractivity contribution in [3.05, 3.63) is 29.3 Å². The van der Waals surface area contributed by atoms with E-state index in [1.165, 1.54) is 49.7 Å². The quantitative estimate of drug-likeness (QED) is 0.889. The smallest absolute Gasteiger partial charge is 0.119 e. The predicted octanol–water partition coefficient (Wildman–Crippen LogP) is 4.24. The van der Waals surface area contributed by atoms with Crippen LogP contribution in [0.4, 0.5) is 0 Å². The number of hydrogen-bond acceptors (Lipinski definition) is 2. The largest absolute Gasteiger partial charge is 0.497 e. The molecule has 110 valence electrons. The van der Waals surface area contributed by atoms with Crippen molar-refractivity contribution in [2.24, 2.45) is 5.41 Å². The second-order valence-corrected chi connectivity index (χ2v) is 7.28. The summed E-state index contributed by atoms with van der Waals surface area (Å²) in [7, 11) is 1.75. The van der Waals surface area contributed by atoms with Crippen LogP contribution in [0.2, 0.25) is 0 Å². The van der Waals surface area contributed by atoms with E-state index in [9.17, 15) is 0 Å². The summed E-state index contributed by atoms with van der Waals surface area (Å²) in [5.74, 6) is 0.987. The van der Waals surface area contributed by atoms with Gasteiger partial charge in [0.15, 0.2) is 0 Å². The van der Waals surface area contributed by atoms with Crippen molar-refractivity contribution in [3.8, 4) is 5.75 Å². The number of fused-ring (bicyclic) bond motifs is 1. The average molecular weight is 273 g/mol. The molecule has 1 aromatic rings. The van der Waals surface area contributed by atoms with Crippen LogP contribution in [-0.4, -0.2) is 13.2 Å². The number of benzene rings is 1. The van der Waals surface area contributed by atoms with E-state index in [-0.39, 0.29) is 0 Å². The topological polar surface area (TPSA) is 21.3 Å². The fraction of sp³-hybridized carbons (Fsp3) is 0.667. The lowest BCUT2D eigenvalue weighted by atomic mass is 9.75. The van der Waals surface area contributed by atoms with Crippen molar-refractivity contribution in [2.75, 3.05) is 7.11 Å². The number of ether oxygens (including phenoxy) is 1. The maximum atomic E-state index is 5.38. The third-order valence-corrected chi connectivity index (χ3v) is 5.07. The molecule has 0 heterocycles. The Balaban J connectivity index is 1.71. The van der Waals surface area contributed by atoms with Crippen molar-refractivity contribution in [3.63, 3.8) is 0 Å². The van der Waals surface area contributed by atoms with Crippen molar-refractivity contribution in [1.29, 1.82) is 0 Å². The number of rotatable bonds is 3. The minimum absolute atomic E-state index is 0.506. The highest BCUT2D eigenvalue weighted by Gasteiger charge is 2.31. The molecule has 0 aliphatic heterocycles. The van der Waals surface area contributed by atoms with Gasteiger partial charge in [0.1, 0.15) is 5.75 Å². The van der Waals surface area contributed by atoms with E-state index in [4.69, 9.17) is 4.74 Å². The van der Waals surface area contributed by atoms with Gasteiger partial charge in [0.05, 0.1) is 7.11 Å². The summed E-state index contributed by atoms with van der Waals surface area (Å²) in [5.41, 5.74) is 3.47. The highest BCUT2D eigenvalue weighted by molar-refractivity contribution is 5.40. The molecular weight excluding hydrogens is 246 g/mol. The second-order valence-electron chi connectivity index (χ2n) is 7.28. The summed E-state index contributed by atoms with van der Waals surface area (Å²) >= 11 is 0. The molecule has 2 nitrogen and oxygen atoms in total. The average Bonchev–Trinajstić information content (AvgIpc) is 2.80. The zero-order valence-electron chi connectivity index (χ0n) is 13.0. The maximum Gasteiger partial charge on any atom is 0.119 e. The van der Waals surface area contributed by atoms with Crippen LogP contribution in [0, 0.1) is 5.41 Å². The Labute approximate surface area is 122 Å². The Morgan fingerprint density at radius 3 is 2.85 bits per heavy atom. The maximum absolute atomic E-state index is 5.38. The van der Waals surface area contributed by atoms with Crippen LogP contribution in [0.25, 0.3) is 0 Å². The first-order chi connectivity index (χ1) is 9.57. The molecule has 2 atom stereocenters. The number of methoxy groups -OCH3 is 1. The van der Waals surface area contributed by atoms with Gasteiger partial charge in [-0.05, 0) is 60.8 Å². The zero-order chi connectivity index (χ0) is 14.2. The van der Waals surface area contributed by atoms with E-state index in [0.717, 1.165) is 5.75 Å². The summed E-state index contributed by atoms with van der Waals surface area (Å²) in [6.07, 6.45) is 7.82. The lowest BCUT2D eigenvalue weighted by molar-refractivity contribution is 0.189. The highest BCUT2D eigenvalue weighted by Crippen LogP contribution is 2.39. The third kappa shape index (κ3) is 2.85. The number of aryl methyl sites for hydroxylation is 1. The molecule has 20 heavy (non-hydrogen) atoms. The van der Waals surface area contributed by atoms with E-state index in [0.29, 0.717) is 17.5 Å². The molecule has 0 amide bonds. The molecule has 0 bridgehead atoms. The van der Waals surface area contributed by atoms with Crippen LogP contribution < -0.4 is 10.1 Å². The van der Waals surface area contributed by atoms with Gasteiger partial charge in [-0.2, -0.15) is 0 Å². The van der Waals surface area contributed by atoms with E-state index in [2.05, 4.69) is 37.4 Å². The van der Waals surface area contributed by atoms with E-state index < -0.39 is 0 Å². The molecule has 2 unspecified atom stereocenters. The van der Waals surface area contributed by atoms with Crippen LogP contribution in [0.1, 0.15) is 63.1 Å². The van der Waals surface area contributed by atoms with E-state index >= 15 is 0 Å². The van der Waals surface area contributed by atoms with Gasteiger partial charge in [0.2, 0.25) is 0 Å². The molecule has 0 saturated heterocycles. The van der Waals surface area contributed by atoms with Crippen molar-refractivity contribution >= 4 is 0 Å². The van der Waals surface area contributed by atoms with Crippen molar-refractivity contribution in [1.82, 2.24) is 5.32 Å². The molecule has 3 rings (SSSR count). The normalized spacial score (nSPS) is 28.1. The molecule has 2 aliphatic rings. The first-order valence-corrected chi connectivity index (χ1v) is 8.00. The molecule has 1 saturated carbocycles. The Bertz CT molecular complexity index is 480. The van der Waals surface area contributed by atoms with Crippen molar-refractivity contribution < 1.29 is 4.74 Å². The van der Waals surface area contributed by atoms with Gasteiger partial charge in [0.25, 0.3) is 0 Å². The molecular formula is C18H27NO. The molecule has 2 aliphatic carbocycles. The summed E-state index contributed by atoms with van der Waals surface area (Å²) < 4.78 is 5.38. The van der Waals surface area contributed by atoms with Gasteiger partial charge in [-0.25, -0.2) is 0 Å². The van der Waals surface area contributed by atoms with Crippen LogP contribution in [0.3, 0.4) is 0 Å². The van der Waals surface area contributed by atoms with Crippen LogP contribution in [0.5, 0.6) is 5.75 Å². The molecule has 0 spiro atoms. The summed E-state index contributed by atoms with van der Waals surface area (Å²) in [4.78, 5) is 0. The van der Waals surface area contributed by atoms with Gasteiger partial charge >= 0.3 is 0 Å². The molecule has 1 aromatic carbocycles. The van der Waals surface area contributed by atoms with Crippen molar-refractivity contribution in [2.45, 2.75) is 64.5 Å². The van der Waals surface area contributed by atoms with E-state index in [1.54, 1.807) is 7.11 Å². The van der Waals surface area contributed by atoms with E-state index in [1.807, 2.05) is 0 Å². The fourth-order valence-electron chi connectivity index (χ4n) is 4.01. The number of hydrogen-bond donors (Lipinski definition) is 1. The molecule has 1 N–H and O–H groups in total. The molecule has 0 radical (unpaired) electrons. The Hall–Kier alpha value is -1.02. The summed E-state index contributed by atoms with van der Waals surface area (Å²) in [6, 6.07) is 7.76. The van der Waals surface area contributed by atoms with Crippen LogP contribution in [0.15, 0.2) is 18.2 Å². The lowest BCUT2D eigenvalue weighted by Gasteiger charge is -2.37. The van der Waals surface area contributed by atoms with Gasteiger partial charge in [-0.15, -0.1) is 0 Å². The second kappa shape index (κ2) is 5.40. The monoisotopic (exact) mass is 273 g/mol. The van der Waals surface area contributed by atoms with Gasteiger partial charge in [-0.1, -0.05) is 26.3 Å². The van der Waals surface area contributed by atoms with Gasteiger partial charge in [-0.3, -0.25) is 0 Å². The standard InChI is InChI=1S/C18H27NO/c1-18(2)10-4-5-14(12-18)19-17-9-7-13-6-8-15(20-3)11-16(13)17/h6,8,11,14,17,19H,4-5,7,9-10,12H2,1-3H3. The minimum Gasteiger partial charge on any atom is -0.497 e. The molecule has 1 fully saturated rings. The van der Waals surface area contributed by atoms with Gasteiger partial charge in [0, 0.05) is 12.1 Å². The molecule has 2 heteroatoms. The highest BCUT2D eigenvalue weighted by atomic mass is 16.5. The fourth-order valence-corrected chi connectivity index (χ4v) is 4.01. The Kier molecular flexibility index (Phi) is 3.76. The Morgan fingerprint density at radius 2 is 2.10 bits per heavy atom. The number of nitrogens with one attached hydrogen (secondary N) is 1. The predicted molar refractivity (Wildman–Crippen MR) is 83.2 cm³/mol. The molecule has 0 aromatic heterocycles. The minimum atomic E-state index is 0.506. The third-order valence-electron chi connectivity index (χ3n) is 5.07. The SMILES string of the molecule is COc1ccc2c(c1)C(NC1CCCC(C)(C)C1)CC2. The zero-order valence-corrected chi connectivity index (χ0v) is 13.0. The van der Waals surface area contributed by atoms with Crippen LogP contribution >= 0.6 is 0 Å². The van der Waals surface area contributed by atoms with Gasteiger partial charge < -0.3 is 10.1 Å². The first-order valence-electron chi connectivity index (χ1n) is 8.00.